The topological polar surface area (TPSA) is 185 Å². The quantitative estimate of drug-likeness (QED) is 0.117. The van der Waals surface area contributed by atoms with E-state index in [1.54, 1.807) is 76.2 Å². The summed E-state index contributed by atoms with van der Waals surface area (Å²) >= 11 is 0. The van der Waals surface area contributed by atoms with Crippen molar-refractivity contribution in [1.82, 2.24) is 0 Å². The molecule has 50 heavy (non-hydrogen) atoms. The summed E-state index contributed by atoms with van der Waals surface area (Å²) in [6.07, 6.45) is 0. The third-order valence-corrected chi connectivity index (χ3v) is 13.0. The molecule has 0 aliphatic heterocycles. The second kappa shape index (κ2) is 13.8. The molecule has 0 unspecified atom stereocenters. The van der Waals surface area contributed by atoms with E-state index in [4.69, 9.17) is 0 Å². The Morgan fingerprint density at radius 3 is 0.620 bits per heavy atom. The molecular weight excluding hydrogens is 721 g/mol. The SMILES string of the molecule is Cc1ccc(S(=O)(=O)Nc2cc(NS(=O)(=O)c3ccc(C)cc3)c(NS(=O)(=O)c3ccc(C)cc3)cc2NS(=O)(=O)c2ccc(C)cc2)cc1. The lowest BCUT2D eigenvalue weighted by atomic mass is 10.2. The summed E-state index contributed by atoms with van der Waals surface area (Å²) < 4.78 is 118. The van der Waals surface area contributed by atoms with E-state index in [1.807, 2.05) is 0 Å². The number of nitrogens with one attached hydrogen (secondary N) is 4. The minimum absolute atomic E-state index is 0.165. The molecule has 0 bridgehead atoms. The van der Waals surface area contributed by atoms with Crippen molar-refractivity contribution in [2.24, 2.45) is 0 Å². The number of hydrogen-bond acceptors (Lipinski definition) is 8. The Kier molecular flexibility index (Phi) is 10.0. The van der Waals surface area contributed by atoms with Crippen molar-refractivity contribution in [2.45, 2.75) is 47.3 Å². The van der Waals surface area contributed by atoms with E-state index in [0.717, 1.165) is 34.4 Å². The Hall–Kier alpha value is -4.90. The van der Waals surface area contributed by atoms with Gasteiger partial charge in [0.05, 0.1) is 42.3 Å². The fourth-order valence-electron chi connectivity index (χ4n) is 4.62. The van der Waals surface area contributed by atoms with Crippen LogP contribution in [0.25, 0.3) is 0 Å². The van der Waals surface area contributed by atoms with Crippen molar-refractivity contribution in [3.8, 4) is 0 Å². The van der Waals surface area contributed by atoms with Crippen molar-refractivity contribution in [1.29, 1.82) is 0 Å². The van der Waals surface area contributed by atoms with Crippen LogP contribution in [0.5, 0.6) is 0 Å². The Morgan fingerprint density at radius 1 is 0.300 bits per heavy atom. The minimum Gasteiger partial charge on any atom is -0.277 e. The van der Waals surface area contributed by atoms with E-state index >= 15 is 0 Å². The van der Waals surface area contributed by atoms with Gasteiger partial charge in [0.15, 0.2) is 0 Å². The minimum atomic E-state index is -4.39. The lowest BCUT2D eigenvalue weighted by Crippen LogP contribution is -2.21. The molecule has 5 rings (SSSR count). The smallest absolute Gasteiger partial charge is 0.261 e. The number of aryl methyl sites for hydroxylation is 4. The number of benzene rings is 5. The standard InChI is InChI=1S/C34H34N4O8S4/c1-23-5-13-27(14-6-23)47(39,40)35-31-21-33(37-49(43,44)29-17-9-25(3)10-18-29)34(38-50(45,46)30-19-11-26(4)12-20-30)22-32(31)36-48(41,42)28-15-7-24(2)8-16-28/h5-22,35-38H,1-4H3. The maximum Gasteiger partial charge on any atom is 0.261 e. The molecule has 0 aliphatic carbocycles. The van der Waals surface area contributed by atoms with E-state index in [2.05, 4.69) is 18.9 Å². The Labute approximate surface area is 292 Å². The second-order valence-corrected chi connectivity index (χ2v) is 18.3. The summed E-state index contributed by atoms with van der Waals surface area (Å²) in [7, 11) is -17.6. The van der Waals surface area contributed by atoms with E-state index in [1.165, 1.54) is 48.5 Å². The van der Waals surface area contributed by atoms with E-state index < -0.39 is 62.8 Å². The average Bonchev–Trinajstić information content (AvgIpc) is 3.03. The van der Waals surface area contributed by atoms with Gasteiger partial charge in [-0.3, -0.25) is 18.9 Å². The molecule has 0 aliphatic rings. The van der Waals surface area contributed by atoms with Crippen molar-refractivity contribution < 1.29 is 33.7 Å². The molecule has 0 fully saturated rings. The largest absolute Gasteiger partial charge is 0.277 e. The first-order valence-corrected chi connectivity index (χ1v) is 20.8. The molecule has 12 nitrogen and oxygen atoms in total. The van der Waals surface area contributed by atoms with E-state index in [9.17, 15) is 33.7 Å². The van der Waals surface area contributed by atoms with Crippen molar-refractivity contribution in [2.75, 3.05) is 18.9 Å². The van der Waals surface area contributed by atoms with Crippen LogP contribution in [-0.4, -0.2) is 33.7 Å². The summed E-state index contributed by atoms with van der Waals surface area (Å²) in [5.41, 5.74) is 1.54. The van der Waals surface area contributed by atoms with Crippen LogP contribution in [0, 0.1) is 27.7 Å². The summed E-state index contributed by atoms with van der Waals surface area (Å²) in [5, 5.41) is 0. The van der Waals surface area contributed by atoms with Gasteiger partial charge >= 0.3 is 0 Å². The molecule has 0 saturated heterocycles. The van der Waals surface area contributed by atoms with Crippen LogP contribution in [0.4, 0.5) is 22.7 Å². The van der Waals surface area contributed by atoms with E-state index in [0.29, 0.717) is 0 Å². The summed E-state index contributed by atoms with van der Waals surface area (Å²) in [6.45, 7) is 7.07. The van der Waals surface area contributed by atoms with Gasteiger partial charge < -0.3 is 0 Å². The monoisotopic (exact) mass is 754 g/mol. The molecule has 0 spiro atoms. The fourth-order valence-corrected chi connectivity index (χ4v) is 8.90. The first kappa shape index (κ1) is 36.4. The second-order valence-electron chi connectivity index (χ2n) is 11.6. The molecule has 16 heteroatoms. The van der Waals surface area contributed by atoms with Crippen molar-refractivity contribution >= 4 is 62.8 Å². The van der Waals surface area contributed by atoms with Gasteiger partial charge in [-0.1, -0.05) is 70.8 Å². The van der Waals surface area contributed by atoms with Crippen molar-refractivity contribution in [3.63, 3.8) is 0 Å². The molecule has 0 atom stereocenters. The maximum atomic E-state index is 13.6. The number of hydrogen-bond donors (Lipinski definition) is 4. The molecule has 5 aromatic carbocycles. The average molecular weight is 755 g/mol. The van der Waals surface area contributed by atoms with Gasteiger partial charge in [-0.2, -0.15) is 0 Å². The third-order valence-electron chi connectivity index (χ3n) is 7.46. The highest BCUT2D eigenvalue weighted by atomic mass is 32.2. The van der Waals surface area contributed by atoms with Gasteiger partial charge in [0.25, 0.3) is 40.1 Å². The van der Waals surface area contributed by atoms with Crippen LogP contribution in [0.3, 0.4) is 0 Å². The maximum absolute atomic E-state index is 13.6. The Balaban J connectivity index is 1.71. The zero-order valence-electron chi connectivity index (χ0n) is 27.3. The van der Waals surface area contributed by atoms with Crippen LogP contribution < -0.4 is 18.9 Å². The third kappa shape index (κ3) is 8.45. The van der Waals surface area contributed by atoms with Gasteiger partial charge in [0, 0.05) is 0 Å². The number of sulfonamides is 4. The molecule has 262 valence electrons. The molecule has 0 heterocycles. The van der Waals surface area contributed by atoms with Crippen LogP contribution in [-0.2, 0) is 40.1 Å². The first-order valence-electron chi connectivity index (χ1n) is 14.9. The van der Waals surface area contributed by atoms with Crippen LogP contribution in [0.1, 0.15) is 22.3 Å². The van der Waals surface area contributed by atoms with Crippen molar-refractivity contribution in [3.05, 3.63) is 131 Å². The molecular formula is C34H34N4O8S4. The Bertz CT molecular complexity index is 2130. The fraction of sp³-hybridized carbons (Fsp3) is 0.118. The predicted octanol–water partition coefficient (Wildman–Crippen LogP) is 6.12. The number of anilines is 4. The zero-order chi connectivity index (χ0) is 36.5. The van der Waals surface area contributed by atoms with Crippen LogP contribution in [0.2, 0.25) is 0 Å². The highest BCUT2D eigenvalue weighted by Gasteiger charge is 2.26. The summed E-state index contributed by atoms with van der Waals surface area (Å²) in [5.74, 6) is 0. The molecule has 5 aromatic rings. The van der Waals surface area contributed by atoms with E-state index in [-0.39, 0.29) is 19.6 Å². The molecule has 4 N–H and O–H groups in total. The van der Waals surface area contributed by atoms with Gasteiger partial charge in [0.1, 0.15) is 0 Å². The molecule has 0 aromatic heterocycles. The first-order chi connectivity index (χ1) is 23.3. The van der Waals surface area contributed by atoms with Crippen LogP contribution >= 0.6 is 0 Å². The summed E-state index contributed by atoms with van der Waals surface area (Å²) in [4.78, 5) is -0.662. The summed E-state index contributed by atoms with van der Waals surface area (Å²) in [6, 6.07) is 25.3. The predicted molar refractivity (Wildman–Crippen MR) is 194 cm³/mol. The molecule has 0 amide bonds. The van der Waals surface area contributed by atoms with Gasteiger partial charge in [-0.15, -0.1) is 0 Å². The Morgan fingerprint density at radius 2 is 0.460 bits per heavy atom. The van der Waals surface area contributed by atoms with Crippen LogP contribution in [0.15, 0.2) is 129 Å². The molecule has 0 radical (unpaired) electrons. The lowest BCUT2D eigenvalue weighted by molar-refractivity contribution is 0.598. The normalized spacial score (nSPS) is 12.2. The lowest BCUT2D eigenvalue weighted by Gasteiger charge is -2.21. The van der Waals surface area contributed by atoms with Gasteiger partial charge in [-0.05, 0) is 88.4 Å². The molecule has 0 saturated carbocycles. The van der Waals surface area contributed by atoms with Gasteiger partial charge in [0.2, 0.25) is 0 Å². The highest BCUT2D eigenvalue weighted by Crippen LogP contribution is 2.38. The van der Waals surface area contributed by atoms with Gasteiger partial charge in [-0.25, -0.2) is 33.7 Å². The highest BCUT2D eigenvalue weighted by molar-refractivity contribution is 7.94. The number of rotatable bonds is 12. The zero-order valence-corrected chi connectivity index (χ0v) is 30.6.